The molecule has 1 amide bonds. The zero-order valence-electron chi connectivity index (χ0n) is 10.7. The summed E-state index contributed by atoms with van der Waals surface area (Å²) in [6.45, 7) is 1.63. The Bertz CT molecular complexity index is 637. The summed E-state index contributed by atoms with van der Waals surface area (Å²) in [5.74, 6) is 0.00828. The quantitative estimate of drug-likeness (QED) is 0.631. The minimum atomic E-state index is -3.79. The number of ether oxygens (including phenoxy) is 1. The van der Waals surface area contributed by atoms with E-state index in [0.29, 0.717) is 11.3 Å². The summed E-state index contributed by atoms with van der Waals surface area (Å²) in [6.07, 6.45) is 0.229. The Morgan fingerprint density at radius 2 is 2.20 bits per heavy atom. The third kappa shape index (κ3) is 5.07. The zero-order valence-corrected chi connectivity index (χ0v) is 12.3. The van der Waals surface area contributed by atoms with Gasteiger partial charge in [0.2, 0.25) is 0 Å². The predicted molar refractivity (Wildman–Crippen MR) is 73.0 cm³/mol. The van der Waals surface area contributed by atoms with Crippen LogP contribution >= 0.6 is 10.7 Å². The molecule has 1 rings (SSSR count). The van der Waals surface area contributed by atoms with Gasteiger partial charge in [-0.1, -0.05) is 0 Å². The third-order valence-electron chi connectivity index (χ3n) is 2.34. The molecule has 0 spiro atoms. The maximum absolute atomic E-state index is 11.3. The van der Waals surface area contributed by atoms with Crippen molar-refractivity contribution in [2.75, 3.05) is 13.2 Å². The zero-order chi connectivity index (χ0) is 15.2. The number of amides is 1. The van der Waals surface area contributed by atoms with Gasteiger partial charge in [0.15, 0.2) is 6.61 Å². The fourth-order valence-corrected chi connectivity index (χ4v) is 2.64. The molecule has 108 valence electrons. The standard InChI is InChI=1S/C12H13ClN2O4S/c1-9-7-10(3-4-11(9)20(13,17)18)19-8-12(16)15-6-2-5-14/h3-4,7H,2,6,8H2,1H3,(H,15,16). The van der Waals surface area contributed by atoms with Gasteiger partial charge in [-0.3, -0.25) is 4.79 Å². The Labute approximate surface area is 121 Å². The van der Waals surface area contributed by atoms with Crippen LogP contribution < -0.4 is 10.1 Å². The molecule has 1 aromatic rings. The maximum Gasteiger partial charge on any atom is 0.261 e. The Balaban J connectivity index is 2.61. The molecule has 0 aliphatic heterocycles. The average molecular weight is 317 g/mol. The van der Waals surface area contributed by atoms with Crippen LogP contribution in [-0.4, -0.2) is 27.5 Å². The molecular weight excluding hydrogens is 304 g/mol. The number of rotatable bonds is 6. The summed E-state index contributed by atoms with van der Waals surface area (Å²) in [5.41, 5.74) is 0.433. The van der Waals surface area contributed by atoms with Gasteiger partial charge >= 0.3 is 0 Å². The molecule has 0 fully saturated rings. The van der Waals surface area contributed by atoms with E-state index in [1.807, 2.05) is 6.07 Å². The fraction of sp³-hybridized carbons (Fsp3) is 0.333. The van der Waals surface area contributed by atoms with Gasteiger partial charge in [0, 0.05) is 17.2 Å². The molecule has 0 aromatic heterocycles. The van der Waals surface area contributed by atoms with E-state index in [1.54, 1.807) is 6.92 Å². The van der Waals surface area contributed by atoms with Crippen LogP contribution in [0.4, 0.5) is 0 Å². The Hall–Kier alpha value is -1.78. The number of carbonyl (C=O) groups is 1. The first-order valence-electron chi connectivity index (χ1n) is 5.66. The van der Waals surface area contributed by atoms with Crippen molar-refractivity contribution in [2.24, 2.45) is 0 Å². The summed E-state index contributed by atoms with van der Waals surface area (Å²) < 4.78 is 27.6. The van der Waals surface area contributed by atoms with Crippen LogP contribution in [-0.2, 0) is 13.8 Å². The number of aryl methyl sites for hydroxylation is 1. The van der Waals surface area contributed by atoms with Crippen LogP contribution in [0.2, 0.25) is 0 Å². The molecule has 0 heterocycles. The van der Waals surface area contributed by atoms with E-state index in [1.165, 1.54) is 18.2 Å². The van der Waals surface area contributed by atoms with Gasteiger partial charge in [-0.05, 0) is 30.7 Å². The van der Waals surface area contributed by atoms with Crippen LogP contribution in [0.5, 0.6) is 5.75 Å². The third-order valence-corrected chi connectivity index (χ3v) is 3.82. The van der Waals surface area contributed by atoms with Gasteiger partial charge in [-0.25, -0.2) is 8.42 Å². The second-order valence-corrected chi connectivity index (χ2v) is 6.45. The van der Waals surface area contributed by atoms with Gasteiger partial charge < -0.3 is 10.1 Å². The first-order chi connectivity index (χ1) is 9.34. The molecule has 8 heteroatoms. The number of nitrogens with zero attached hydrogens (tertiary/aromatic N) is 1. The highest BCUT2D eigenvalue weighted by molar-refractivity contribution is 8.13. The highest BCUT2D eigenvalue weighted by Gasteiger charge is 2.14. The molecule has 6 nitrogen and oxygen atoms in total. The van der Waals surface area contributed by atoms with E-state index < -0.39 is 9.05 Å². The predicted octanol–water partition coefficient (Wildman–Crippen LogP) is 1.33. The van der Waals surface area contributed by atoms with Crippen LogP contribution in [0.3, 0.4) is 0 Å². The van der Waals surface area contributed by atoms with Gasteiger partial charge in [0.25, 0.3) is 15.0 Å². The van der Waals surface area contributed by atoms with Crippen molar-refractivity contribution >= 4 is 25.6 Å². The molecule has 1 aromatic carbocycles. The van der Waals surface area contributed by atoms with E-state index in [-0.39, 0.29) is 30.4 Å². The molecule has 20 heavy (non-hydrogen) atoms. The molecule has 0 aliphatic carbocycles. The monoisotopic (exact) mass is 316 g/mol. The fourth-order valence-electron chi connectivity index (χ4n) is 1.44. The molecule has 0 radical (unpaired) electrons. The van der Waals surface area contributed by atoms with Crippen LogP contribution in [0.15, 0.2) is 23.1 Å². The summed E-state index contributed by atoms with van der Waals surface area (Å²) >= 11 is 0. The van der Waals surface area contributed by atoms with Gasteiger partial charge in [0.1, 0.15) is 5.75 Å². The lowest BCUT2D eigenvalue weighted by Crippen LogP contribution is -2.29. The average Bonchev–Trinajstić information content (AvgIpc) is 2.35. The summed E-state index contributed by atoms with van der Waals surface area (Å²) in [7, 11) is 1.47. The van der Waals surface area contributed by atoms with Crippen molar-refractivity contribution in [3.05, 3.63) is 23.8 Å². The highest BCUT2D eigenvalue weighted by Crippen LogP contribution is 2.23. The van der Waals surface area contributed by atoms with Crippen molar-refractivity contribution in [3.63, 3.8) is 0 Å². The molecule has 0 atom stereocenters. The number of hydrogen-bond donors (Lipinski definition) is 1. The van der Waals surface area contributed by atoms with Crippen molar-refractivity contribution in [1.82, 2.24) is 5.32 Å². The topological polar surface area (TPSA) is 96.3 Å². The van der Waals surface area contributed by atoms with Crippen LogP contribution in [0, 0.1) is 18.3 Å². The largest absolute Gasteiger partial charge is 0.484 e. The maximum atomic E-state index is 11.3. The Morgan fingerprint density at radius 3 is 2.75 bits per heavy atom. The summed E-state index contributed by atoms with van der Waals surface area (Å²) in [5, 5.41) is 10.8. The van der Waals surface area contributed by atoms with Crippen molar-refractivity contribution in [1.29, 1.82) is 5.26 Å². The van der Waals surface area contributed by atoms with Crippen molar-refractivity contribution in [2.45, 2.75) is 18.2 Å². The second-order valence-electron chi connectivity index (χ2n) is 3.91. The lowest BCUT2D eigenvalue weighted by molar-refractivity contribution is -0.123. The number of nitrogens with one attached hydrogen (secondary N) is 1. The molecule has 0 unspecified atom stereocenters. The van der Waals surface area contributed by atoms with E-state index in [0.717, 1.165) is 0 Å². The molecule has 1 N–H and O–H groups in total. The molecule has 0 saturated heterocycles. The number of carbonyl (C=O) groups excluding carboxylic acids is 1. The van der Waals surface area contributed by atoms with E-state index in [4.69, 9.17) is 20.7 Å². The number of halogens is 1. The minimum Gasteiger partial charge on any atom is -0.484 e. The van der Waals surface area contributed by atoms with E-state index in [9.17, 15) is 13.2 Å². The minimum absolute atomic E-state index is 0.00462. The molecule has 0 aliphatic rings. The van der Waals surface area contributed by atoms with Crippen molar-refractivity contribution < 1.29 is 17.9 Å². The molecular formula is C12H13ClN2O4S. The normalized spacial score (nSPS) is 10.7. The smallest absolute Gasteiger partial charge is 0.261 e. The Morgan fingerprint density at radius 1 is 1.50 bits per heavy atom. The molecule has 0 saturated carbocycles. The lowest BCUT2D eigenvalue weighted by atomic mass is 10.2. The van der Waals surface area contributed by atoms with Gasteiger partial charge in [-0.2, -0.15) is 5.26 Å². The van der Waals surface area contributed by atoms with E-state index in [2.05, 4.69) is 5.32 Å². The van der Waals surface area contributed by atoms with Gasteiger partial charge in [0.05, 0.1) is 17.4 Å². The summed E-state index contributed by atoms with van der Waals surface area (Å²) in [4.78, 5) is 11.3. The van der Waals surface area contributed by atoms with Gasteiger partial charge in [-0.15, -0.1) is 0 Å². The number of benzene rings is 1. The highest BCUT2D eigenvalue weighted by atomic mass is 35.7. The van der Waals surface area contributed by atoms with Crippen LogP contribution in [0.1, 0.15) is 12.0 Å². The molecule has 0 bridgehead atoms. The van der Waals surface area contributed by atoms with E-state index >= 15 is 0 Å². The van der Waals surface area contributed by atoms with Crippen LogP contribution in [0.25, 0.3) is 0 Å². The number of nitriles is 1. The Kier molecular flexibility index (Phi) is 5.80. The van der Waals surface area contributed by atoms with Crippen molar-refractivity contribution in [3.8, 4) is 11.8 Å². The SMILES string of the molecule is Cc1cc(OCC(=O)NCCC#N)ccc1S(=O)(=O)Cl. The number of hydrogen-bond acceptors (Lipinski definition) is 5. The lowest BCUT2D eigenvalue weighted by Gasteiger charge is -2.08. The second kappa shape index (κ2) is 7.12. The first-order valence-corrected chi connectivity index (χ1v) is 7.97. The summed E-state index contributed by atoms with van der Waals surface area (Å²) in [6, 6.07) is 6.13. The first kappa shape index (κ1) is 16.3.